The van der Waals surface area contributed by atoms with E-state index in [0.717, 1.165) is 23.5 Å². The normalized spacial score (nSPS) is 13.4. The first kappa shape index (κ1) is 12.8. The lowest BCUT2D eigenvalue weighted by Gasteiger charge is -2.11. The van der Waals surface area contributed by atoms with E-state index in [2.05, 4.69) is 12.1 Å². The van der Waals surface area contributed by atoms with Crippen LogP contribution in [0.4, 0.5) is 0 Å². The average molecular weight is 293 g/mol. The van der Waals surface area contributed by atoms with Gasteiger partial charge in [-0.2, -0.15) is 0 Å². The second kappa shape index (κ2) is 5.44. The summed E-state index contributed by atoms with van der Waals surface area (Å²) in [7, 11) is 0. The zero-order valence-corrected chi connectivity index (χ0v) is 12.0. The minimum atomic E-state index is 0.390. The van der Waals surface area contributed by atoms with Crippen LogP contribution in [0.25, 0.3) is 0 Å². The van der Waals surface area contributed by atoms with E-state index in [-0.39, 0.29) is 0 Å². The van der Waals surface area contributed by atoms with Crippen molar-refractivity contribution >= 4 is 23.2 Å². The van der Waals surface area contributed by atoms with Crippen molar-refractivity contribution < 1.29 is 4.74 Å². The van der Waals surface area contributed by atoms with E-state index in [1.165, 1.54) is 24.0 Å². The molecule has 0 aliphatic heterocycles. The van der Waals surface area contributed by atoms with Crippen LogP contribution in [0, 0.1) is 0 Å². The number of benzene rings is 2. The Kier molecular flexibility index (Phi) is 3.67. The van der Waals surface area contributed by atoms with Crippen molar-refractivity contribution in [3.63, 3.8) is 0 Å². The molecular formula is C16H14Cl2O. The fourth-order valence-electron chi connectivity index (χ4n) is 2.49. The first-order chi connectivity index (χ1) is 9.26. The molecule has 2 aromatic rings. The van der Waals surface area contributed by atoms with Crippen LogP contribution in [0.5, 0.6) is 11.5 Å². The van der Waals surface area contributed by atoms with Crippen molar-refractivity contribution in [3.8, 4) is 11.5 Å². The molecule has 2 aromatic carbocycles. The summed E-state index contributed by atoms with van der Waals surface area (Å²) in [6.07, 6.45) is 3.58. The van der Waals surface area contributed by atoms with Crippen LogP contribution in [0.2, 0.25) is 5.02 Å². The third-order valence-corrected chi connectivity index (χ3v) is 3.99. The molecule has 3 rings (SSSR count). The highest BCUT2D eigenvalue weighted by atomic mass is 35.5. The number of hydrogen-bond acceptors (Lipinski definition) is 1. The number of halogens is 2. The summed E-state index contributed by atoms with van der Waals surface area (Å²) in [5, 5.41) is 0.678. The molecular weight excluding hydrogens is 279 g/mol. The third kappa shape index (κ3) is 2.72. The molecule has 0 N–H and O–H groups in total. The van der Waals surface area contributed by atoms with Crippen LogP contribution >= 0.6 is 23.2 Å². The SMILES string of the molecule is ClCc1cc(Cl)ccc1Oc1ccc2c(c1)CCC2. The molecule has 0 bridgehead atoms. The zero-order valence-electron chi connectivity index (χ0n) is 10.5. The fraction of sp³-hybridized carbons (Fsp3) is 0.250. The molecule has 0 atom stereocenters. The molecule has 1 aliphatic rings. The molecule has 0 unspecified atom stereocenters. The number of ether oxygens (including phenoxy) is 1. The Morgan fingerprint density at radius 2 is 1.84 bits per heavy atom. The molecule has 3 heteroatoms. The molecule has 0 heterocycles. The zero-order chi connectivity index (χ0) is 13.2. The average Bonchev–Trinajstić information content (AvgIpc) is 2.88. The number of aryl methyl sites for hydroxylation is 2. The molecule has 0 saturated heterocycles. The third-order valence-electron chi connectivity index (χ3n) is 3.46. The van der Waals surface area contributed by atoms with Gasteiger partial charge in [-0.15, -0.1) is 11.6 Å². The van der Waals surface area contributed by atoms with E-state index in [4.69, 9.17) is 27.9 Å². The smallest absolute Gasteiger partial charge is 0.131 e. The molecule has 0 fully saturated rings. The van der Waals surface area contributed by atoms with Gasteiger partial charge in [-0.25, -0.2) is 0 Å². The van der Waals surface area contributed by atoms with Crippen molar-refractivity contribution in [2.75, 3.05) is 0 Å². The Morgan fingerprint density at radius 3 is 2.68 bits per heavy atom. The Morgan fingerprint density at radius 1 is 1.00 bits per heavy atom. The standard InChI is InChI=1S/C16H14Cl2O/c17-10-13-8-14(18)5-7-16(13)19-15-6-4-11-2-1-3-12(11)9-15/h4-9H,1-3,10H2. The molecule has 0 radical (unpaired) electrons. The molecule has 1 aliphatic carbocycles. The minimum Gasteiger partial charge on any atom is -0.457 e. The maximum atomic E-state index is 5.96. The maximum Gasteiger partial charge on any atom is 0.131 e. The van der Waals surface area contributed by atoms with Crippen LogP contribution in [-0.4, -0.2) is 0 Å². The van der Waals surface area contributed by atoms with Crippen molar-refractivity contribution in [1.82, 2.24) is 0 Å². The second-order valence-corrected chi connectivity index (χ2v) is 5.48. The number of hydrogen-bond donors (Lipinski definition) is 0. The predicted molar refractivity (Wildman–Crippen MR) is 79.6 cm³/mol. The van der Waals surface area contributed by atoms with E-state index < -0.39 is 0 Å². The van der Waals surface area contributed by atoms with Crippen LogP contribution in [0.3, 0.4) is 0 Å². The van der Waals surface area contributed by atoms with Gasteiger partial charge >= 0.3 is 0 Å². The fourth-order valence-corrected chi connectivity index (χ4v) is 2.89. The second-order valence-electron chi connectivity index (χ2n) is 4.77. The molecule has 0 spiro atoms. The summed E-state index contributed by atoms with van der Waals surface area (Å²) in [6, 6.07) is 11.9. The van der Waals surface area contributed by atoms with Gasteiger partial charge in [0.05, 0.1) is 5.88 Å². The molecule has 0 aromatic heterocycles. The highest BCUT2D eigenvalue weighted by Crippen LogP contribution is 2.32. The van der Waals surface area contributed by atoms with Gasteiger partial charge in [-0.1, -0.05) is 17.7 Å². The van der Waals surface area contributed by atoms with Crippen molar-refractivity contribution in [2.24, 2.45) is 0 Å². The monoisotopic (exact) mass is 292 g/mol. The number of rotatable bonds is 3. The van der Waals surface area contributed by atoms with Gasteiger partial charge in [0.1, 0.15) is 11.5 Å². The lowest BCUT2D eigenvalue weighted by molar-refractivity contribution is 0.478. The van der Waals surface area contributed by atoms with Crippen LogP contribution < -0.4 is 4.74 Å². The topological polar surface area (TPSA) is 9.23 Å². The Hall–Kier alpha value is -1.18. The van der Waals surface area contributed by atoms with E-state index >= 15 is 0 Å². The van der Waals surface area contributed by atoms with E-state index in [0.29, 0.717) is 10.9 Å². The summed E-state index contributed by atoms with van der Waals surface area (Å²) >= 11 is 11.9. The van der Waals surface area contributed by atoms with Crippen molar-refractivity contribution in [2.45, 2.75) is 25.1 Å². The van der Waals surface area contributed by atoms with E-state index in [1.54, 1.807) is 0 Å². The Bertz CT molecular complexity index is 608. The molecule has 0 saturated carbocycles. The van der Waals surface area contributed by atoms with E-state index in [1.807, 2.05) is 24.3 Å². The summed E-state index contributed by atoms with van der Waals surface area (Å²) in [4.78, 5) is 0. The van der Waals surface area contributed by atoms with Crippen LogP contribution in [0.15, 0.2) is 36.4 Å². The minimum absolute atomic E-state index is 0.390. The predicted octanol–water partition coefficient (Wildman–Crippen LogP) is 5.36. The summed E-state index contributed by atoms with van der Waals surface area (Å²) in [5.41, 5.74) is 3.76. The highest BCUT2D eigenvalue weighted by molar-refractivity contribution is 6.30. The molecule has 98 valence electrons. The van der Waals surface area contributed by atoms with Crippen LogP contribution in [0.1, 0.15) is 23.1 Å². The molecule has 1 nitrogen and oxygen atoms in total. The maximum absolute atomic E-state index is 5.96. The number of alkyl halides is 1. The van der Waals surface area contributed by atoms with Gasteiger partial charge in [0.25, 0.3) is 0 Å². The van der Waals surface area contributed by atoms with Gasteiger partial charge in [-0.05, 0) is 60.7 Å². The van der Waals surface area contributed by atoms with Gasteiger partial charge in [-0.3, -0.25) is 0 Å². The summed E-state index contributed by atoms with van der Waals surface area (Å²) < 4.78 is 5.94. The van der Waals surface area contributed by atoms with Crippen molar-refractivity contribution in [3.05, 3.63) is 58.1 Å². The van der Waals surface area contributed by atoms with Gasteiger partial charge < -0.3 is 4.74 Å². The largest absolute Gasteiger partial charge is 0.457 e. The first-order valence-electron chi connectivity index (χ1n) is 6.40. The quantitative estimate of drug-likeness (QED) is 0.692. The van der Waals surface area contributed by atoms with Crippen LogP contribution in [-0.2, 0) is 18.7 Å². The van der Waals surface area contributed by atoms with E-state index in [9.17, 15) is 0 Å². The van der Waals surface area contributed by atoms with Gasteiger partial charge in [0.15, 0.2) is 0 Å². The summed E-state index contributed by atoms with van der Waals surface area (Å²) in [5.74, 6) is 2.03. The highest BCUT2D eigenvalue weighted by Gasteiger charge is 2.12. The Labute approximate surface area is 123 Å². The molecule has 0 amide bonds. The number of fused-ring (bicyclic) bond motifs is 1. The lowest BCUT2D eigenvalue weighted by atomic mass is 10.1. The Balaban J connectivity index is 1.89. The summed E-state index contributed by atoms with van der Waals surface area (Å²) in [6.45, 7) is 0. The first-order valence-corrected chi connectivity index (χ1v) is 7.31. The van der Waals surface area contributed by atoms with Crippen molar-refractivity contribution in [1.29, 1.82) is 0 Å². The van der Waals surface area contributed by atoms with Gasteiger partial charge in [0, 0.05) is 10.6 Å². The molecule has 19 heavy (non-hydrogen) atoms. The van der Waals surface area contributed by atoms with Gasteiger partial charge in [0.2, 0.25) is 0 Å². The lowest BCUT2D eigenvalue weighted by Crippen LogP contribution is -1.91.